The van der Waals surface area contributed by atoms with Crippen LogP contribution < -0.4 is 13.8 Å². The van der Waals surface area contributed by atoms with Crippen molar-refractivity contribution in [3.8, 4) is 5.75 Å². The number of amides is 1. The summed E-state index contributed by atoms with van der Waals surface area (Å²) in [4.78, 5) is 17.9. The van der Waals surface area contributed by atoms with Gasteiger partial charge in [-0.05, 0) is 73.9 Å². The van der Waals surface area contributed by atoms with Crippen LogP contribution in [0.15, 0.2) is 76.6 Å². The zero-order valence-electron chi connectivity index (χ0n) is 19.5. The molecule has 9 heteroatoms. The van der Waals surface area contributed by atoms with Crippen molar-refractivity contribution in [2.45, 2.75) is 24.7 Å². The Kier molecular flexibility index (Phi) is 6.21. The van der Waals surface area contributed by atoms with Crippen LogP contribution in [0.2, 0.25) is 0 Å². The number of thiazole rings is 1. The van der Waals surface area contributed by atoms with Gasteiger partial charge in [0.15, 0.2) is 4.80 Å². The number of anilines is 1. The van der Waals surface area contributed by atoms with E-state index in [1.54, 1.807) is 0 Å². The van der Waals surface area contributed by atoms with Crippen molar-refractivity contribution < 1.29 is 17.9 Å². The second-order valence-electron chi connectivity index (χ2n) is 8.26. The smallest absolute Gasteiger partial charge is 0.279 e. The highest BCUT2D eigenvalue weighted by Crippen LogP contribution is 2.32. The summed E-state index contributed by atoms with van der Waals surface area (Å²) in [5, 5.41) is 0. The van der Waals surface area contributed by atoms with Gasteiger partial charge in [-0.3, -0.25) is 9.10 Å². The first-order chi connectivity index (χ1) is 16.9. The SMILES string of the molecule is CCOc1ccc2c(c1)sc(=NC(=O)c1ccc(S(=O)(=O)N3CCCc4ccccc43)cc1)n2C. The Morgan fingerprint density at radius 3 is 2.63 bits per heavy atom. The molecule has 4 aromatic rings. The molecule has 0 spiro atoms. The highest BCUT2D eigenvalue weighted by atomic mass is 32.2. The van der Waals surface area contributed by atoms with E-state index in [0.29, 0.717) is 23.5 Å². The summed E-state index contributed by atoms with van der Waals surface area (Å²) in [7, 11) is -1.87. The van der Waals surface area contributed by atoms with Crippen molar-refractivity contribution in [2.24, 2.45) is 12.0 Å². The predicted octanol–water partition coefficient (Wildman–Crippen LogP) is 4.52. The molecule has 0 radical (unpaired) electrons. The third-order valence-corrected chi connectivity index (χ3v) is 8.97. The van der Waals surface area contributed by atoms with E-state index in [0.717, 1.165) is 40.1 Å². The first kappa shape index (κ1) is 23.3. The number of carbonyl (C=O) groups is 1. The summed E-state index contributed by atoms with van der Waals surface area (Å²) in [5.74, 6) is 0.345. The van der Waals surface area contributed by atoms with Crippen LogP contribution >= 0.6 is 11.3 Å². The molecule has 5 rings (SSSR count). The number of fused-ring (bicyclic) bond motifs is 2. The Balaban J connectivity index is 1.43. The number of aryl methyl sites for hydroxylation is 2. The molecule has 35 heavy (non-hydrogen) atoms. The summed E-state index contributed by atoms with van der Waals surface area (Å²) in [6, 6.07) is 19.4. The van der Waals surface area contributed by atoms with Crippen molar-refractivity contribution in [1.29, 1.82) is 0 Å². The van der Waals surface area contributed by atoms with E-state index < -0.39 is 15.9 Å². The Labute approximate surface area is 208 Å². The van der Waals surface area contributed by atoms with Gasteiger partial charge in [-0.25, -0.2) is 8.42 Å². The van der Waals surface area contributed by atoms with E-state index in [9.17, 15) is 13.2 Å². The molecule has 0 atom stereocenters. The number of nitrogens with zero attached hydrogens (tertiary/aromatic N) is 3. The molecular weight excluding hydrogens is 482 g/mol. The minimum atomic E-state index is -3.73. The standard InChI is InChI=1S/C26H25N3O4S2/c1-3-33-20-12-15-23-24(17-20)34-26(28(23)2)27-25(30)19-10-13-21(14-11-19)35(31,32)29-16-6-8-18-7-4-5-9-22(18)29/h4-5,7,9-15,17H,3,6,8,16H2,1-2H3. The number of aromatic nitrogens is 1. The van der Waals surface area contributed by atoms with Gasteiger partial charge in [0.1, 0.15) is 5.75 Å². The number of rotatable bonds is 5. The van der Waals surface area contributed by atoms with Crippen LogP contribution in [0.4, 0.5) is 5.69 Å². The van der Waals surface area contributed by atoms with Gasteiger partial charge in [0.2, 0.25) is 0 Å². The first-order valence-electron chi connectivity index (χ1n) is 11.4. The van der Waals surface area contributed by atoms with Crippen LogP contribution in [-0.4, -0.2) is 32.0 Å². The Morgan fingerprint density at radius 1 is 1.09 bits per heavy atom. The molecule has 1 aromatic heterocycles. The van der Waals surface area contributed by atoms with Crippen LogP contribution in [0.25, 0.3) is 10.2 Å². The molecule has 180 valence electrons. The van der Waals surface area contributed by atoms with Crippen molar-refractivity contribution in [3.63, 3.8) is 0 Å². The molecule has 0 aliphatic carbocycles. The lowest BCUT2D eigenvalue weighted by atomic mass is 10.0. The molecule has 3 aromatic carbocycles. The summed E-state index contributed by atoms with van der Waals surface area (Å²) >= 11 is 1.40. The molecule has 1 aliphatic rings. The molecule has 1 aliphatic heterocycles. The number of hydrogen-bond donors (Lipinski definition) is 0. The van der Waals surface area contributed by atoms with Crippen molar-refractivity contribution >= 4 is 43.2 Å². The van der Waals surface area contributed by atoms with Crippen molar-refractivity contribution in [2.75, 3.05) is 17.5 Å². The first-order valence-corrected chi connectivity index (χ1v) is 13.7. The molecule has 0 N–H and O–H groups in total. The van der Waals surface area contributed by atoms with E-state index in [2.05, 4.69) is 4.99 Å². The lowest BCUT2D eigenvalue weighted by Crippen LogP contribution is -2.35. The summed E-state index contributed by atoms with van der Waals surface area (Å²) in [5.41, 5.74) is 3.03. The van der Waals surface area contributed by atoms with E-state index in [4.69, 9.17) is 4.74 Å². The van der Waals surface area contributed by atoms with Gasteiger partial charge in [0.25, 0.3) is 15.9 Å². The van der Waals surface area contributed by atoms with Crippen LogP contribution in [-0.2, 0) is 23.5 Å². The van der Waals surface area contributed by atoms with E-state index in [-0.39, 0.29) is 4.90 Å². The third kappa shape index (κ3) is 4.37. The van der Waals surface area contributed by atoms with Crippen molar-refractivity contribution in [1.82, 2.24) is 4.57 Å². The number of ether oxygens (including phenoxy) is 1. The maximum absolute atomic E-state index is 13.3. The normalized spacial score (nSPS) is 14.2. The Morgan fingerprint density at radius 2 is 1.86 bits per heavy atom. The number of para-hydroxylation sites is 1. The lowest BCUT2D eigenvalue weighted by molar-refractivity contribution is 0.0998. The van der Waals surface area contributed by atoms with Gasteiger partial charge in [0, 0.05) is 19.2 Å². The molecule has 0 unspecified atom stereocenters. The van der Waals surface area contributed by atoms with E-state index in [1.807, 2.05) is 61.0 Å². The molecule has 0 saturated heterocycles. The summed E-state index contributed by atoms with van der Waals surface area (Å²) in [6.45, 7) is 2.94. The second-order valence-corrected chi connectivity index (χ2v) is 11.1. The van der Waals surface area contributed by atoms with Gasteiger partial charge in [0.05, 0.1) is 27.4 Å². The highest BCUT2D eigenvalue weighted by Gasteiger charge is 2.29. The molecule has 0 fully saturated rings. The number of sulfonamides is 1. The van der Waals surface area contributed by atoms with Gasteiger partial charge < -0.3 is 9.30 Å². The number of carbonyl (C=O) groups excluding carboxylic acids is 1. The van der Waals surface area contributed by atoms with Crippen LogP contribution in [0.1, 0.15) is 29.3 Å². The lowest BCUT2D eigenvalue weighted by Gasteiger charge is -2.30. The van der Waals surface area contributed by atoms with E-state index >= 15 is 0 Å². The van der Waals surface area contributed by atoms with Crippen LogP contribution in [0.5, 0.6) is 5.75 Å². The maximum atomic E-state index is 13.3. The van der Waals surface area contributed by atoms with Gasteiger partial charge in [-0.15, -0.1) is 0 Å². The maximum Gasteiger partial charge on any atom is 0.279 e. The average Bonchev–Trinajstić information content (AvgIpc) is 3.18. The van der Waals surface area contributed by atoms with Gasteiger partial charge in [-0.1, -0.05) is 29.5 Å². The van der Waals surface area contributed by atoms with Crippen molar-refractivity contribution in [3.05, 3.63) is 82.7 Å². The highest BCUT2D eigenvalue weighted by molar-refractivity contribution is 7.92. The summed E-state index contributed by atoms with van der Waals surface area (Å²) < 4.78 is 36.5. The number of hydrogen-bond acceptors (Lipinski definition) is 5. The fourth-order valence-electron chi connectivity index (χ4n) is 4.27. The third-order valence-electron chi connectivity index (χ3n) is 6.05. The molecule has 1 amide bonds. The quantitative estimate of drug-likeness (QED) is 0.398. The van der Waals surface area contributed by atoms with Crippen LogP contribution in [0, 0.1) is 0 Å². The zero-order chi connectivity index (χ0) is 24.6. The van der Waals surface area contributed by atoms with Gasteiger partial charge >= 0.3 is 0 Å². The molecule has 7 nitrogen and oxygen atoms in total. The topological polar surface area (TPSA) is 81.0 Å². The molecule has 0 bridgehead atoms. The van der Waals surface area contributed by atoms with E-state index in [1.165, 1.54) is 39.9 Å². The number of benzene rings is 3. The largest absolute Gasteiger partial charge is 0.494 e. The second kappa shape index (κ2) is 9.31. The Bertz CT molecular complexity index is 1590. The fraction of sp³-hybridized carbons (Fsp3) is 0.231. The predicted molar refractivity (Wildman–Crippen MR) is 138 cm³/mol. The zero-order valence-corrected chi connectivity index (χ0v) is 21.1. The minimum absolute atomic E-state index is 0.154. The minimum Gasteiger partial charge on any atom is -0.494 e. The monoisotopic (exact) mass is 507 g/mol. The Hall–Kier alpha value is -3.43. The molecule has 2 heterocycles. The van der Waals surface area contributed by atoms with Gasteiger partial charge in [-0.2, -0.15) is 4.99 Å². The van der Waals surface area contributed by atoms with Crippen LogP contribution in [0.3, 0.4) is 0 Å². The fourth-order valence-corrected chi connectivity index (χ4v) is 6.86. The molecular formula is C26H25N3O4S2. The average molecular weight is 508 g/mol. The summed E-state index contributed by atoms with van der Waals surface area (Å²) in [6.07, 6.45) is 1.63. The molecule has 0 saturated carbocycles.